The van der Waals surface area contributed by atoms with Crippen LogP contribution in [0.25, 0.3) is 11.3 Å². The first kappa shape index (κ1) is 16.3. The van der Waals surface area contributed by atoms with Crippen molar-refractivity contribution in [2.45, 2.75) is 26.4 Å². The second kappa shape index (κ2) is 6.88. The zero-order valence-electron chi connectivity index (χ0n) is 14.5. The number of H-pyrrole nitrogens is 1. The molecule has 0 amide bonds. The maximum absolute atomic E-state index is 5.18. The Balaban J connectivity index is 1.64. The van der Waals surface area contributed by atoms with Crippen LogP contribution in [-0.2, 0) is 13.6 Å². The average molecular weight is 325 g/mol. The van der Waals surface area contributed by atoms with Crippen LogP contribution in [0.2, 0.25) is 0 Å². The summed E-state index contributed by atoms with van der Waals surface area (Å²) < 4.78 is 7.08. The third kappa shape index (κ3) is 3.33. The molecule has 0 fully saturated rings. The Bertz CT molecular complexity index is 803. The van der Waals surface area contributed by atoms with Gasteiger partial charge in [-0.15, -0.1) is 0 Å². The standard InChI is InChI=1S/C18H23N5O/c1-12(17-11-20-23(3)13(17)2)19-10-15-9-18(22-21-15)14-5-7-16(24-4)8-6-14/h5-9,11-12,19H,10H2,1-4H3,(H,21,22). The minimum atomic E-state index is 0.228. The van der Waals surface area contributed by atoms with Crippen LogP contribution in [-0.4, -0.2) is 27.1 Å². The lowest BCUT2D eigenvalue weighted by Gasteiger charge is -2.12. The van der Waals surface area contributed by atoms with Crippen LogP contribution in [0.1, 0.15) is 29.9 Å². The van der Waals surface area contributed by atoms with E-state index in [1.807, 2.05) is 42.2 Å². The number of methoxy groups -OCH3 is 1. The predicted octanol–water partition coefficient (Wildman–Crippen LogP) is 2.98. The van der Waals surface area contributed by atoms with E-state index in [9.17, 15) is 0 Å². The number of benzene rings is 1. The molecule has 0 radical (unpaired) electrons. The Hall–Kier alpha value is -2.60. The minimum Gasteiger partial charge on any atom is -0.497 e. The highest BCUT2D eigenvalue weighted by Crippen LogP contribution is 2.21. The highest BCUT2D eigenvalue weighted by Gasteiger charge is 2.12. The molecule has 3 aromatic rings. The number of nitrogens with zero attached hydrogens (tertiary/aromatic N) is 3. The molecule has 126 valence electrons. The molecule has 0 saturated carbocycles. The Morgan fingerprint density at radius 1 is 1.29 bits per heavy atom. The van der Waals surface area contributed by atoms with Crippen LogP contribution in [0.15, 0.2) is 36.5 Å². The Morgan fingerprint density at radius 3 is 2.67 bits per heavy atom. The lowest BCUT2D eigenvalue weighted by atomic mass is 10.1. The zero-order valence-corrected chi connectivity index (χ0v) is 14.5. The topological polar surface area (TPSA) is 67.8 Å². The van der Waals surface area contributed by atoms with E-state index in [1.165, 1.54) is 11.3 Å². The summed E-state index contributed by atoms with van der Waals surface area (Å²) in [5, 5.41) is 15.3. The number of hydrogen-bond donors (Lipinski definition) is 2. The molecule has 1 atom stereocenters. The highest BCUT2D eigenvalue weighted by atomic mass is 16.5. The van der Waals surface area contributed by atoms with Crippen molar-refractivity contribution in [1.82, 2.24) is 25.3 Å². The molecule has 2 aromatic heterocycles. The molecule has 24 heavy (non-hydrogen) atoms. The maximum Gasteiger partial charge on any atom is 0.118 e. The number of nitrogens with one attached hydrogen (secondary N) is 2. The van der Waals surface area contributed by atoms with Crippen molar-refractivity contribution >= 4 is 0 Å². The first-order valence-corrected chi connectivity index (χ1v) is 7.99. The molecule has 2 N–H and O–H groups in total. The van der Waals surface area contributed by atoms with Gasteiger partial charge in [-0.25, -0.2) is 0 Å². The third-order valence-corrected chi connectivity index (χ3v) is 4.36. The van der Waals surface area contributed by atoms with Gasteiger partial charge in [-0.1, -0.05) is 0 Å². The van der Waals surface area contributed by atoms with Gasteiger partial charge in [0.2, 0.25) is 0 Å². The number of rotatable bonds is 6. The molecule has 1 aromatic carbocycles. The number of hydrogen-bond acceptors (Lipinski definition) is 4. The van der Waals surface area contributed by atoms with E-state index >= 15 is 0 Å². The number of aromatic nitrogens is 4. The fraction of sp³-hybridized carbons (Fsp3) is 0.333. The molecule has 3 rings (SSSR count). The molecule has 6 heteroatoms. The summed E-state index contributed by atoms with van der Waals surface area (Å²) in [6.07, 6.45) is 1.92. The van der Waals surface area contributed by atoms with E-state index in [0.29, 0.717) is 0 Å². The highest BCUT2D eigenvalue weighted by molar-refractivity contribution is 5.60. The van der Waals surface area contributed by atoms with Gasteiger partial charge >= 0.3 is 0 Å². The normalized spacial score (nSPS) is 12.3. The number of aromatic amines is 1. The van der Waals surface area contributed by atoms with Gasteiger partial charge in [0.25, 0.3) is 0 Å². The van der Waals surface area contributed by atoms with E-state index < -0.39 is 0 Å². The Morgan fingerprint density at radius 2 is 2.04 bits per heavy atom. The van der Waals surface area contributed by atoms with Crippen LogP contribution in [0.4, 0.5) is 0 Å². The summed E-state index contributed by atoms with van der Waals surface area (Å²) in [6, 6.07) is 10.2. The fourth-order valence-corrected chi connectivity index (χ4v) is 2.68. The molecule has 0 saturated heterocycles. The number of ether oxygens (including phenoxy) is 1. The van der Waals surface area contributed by atoms with Crippen LogP contribution in [0.3, 0.4) is 0 Å². The quantitative estimate of drug-likeness (QED) is 0.731. The Kier molecular flexibility index (Phi) is 4.66. The Labute approximate surface area is 141 Å². The van der Waals surface area contributed by atoms with Gasteiger partial charge in [-0.3, -0.25) is 9.78 Å². The smallest absolute Gasteiger partial charge is 0.118 e. The molecule has 0 aliphatic heterocycles. The predicted molar refractivity (Wildman–Crippen MR) is 93.8 cm³/mol. The first-order chi connectivity index (χ1) is 11.6. The largest absolute Gasteiger partial charge is 0.497 e. The van der Waals surface area contributed by atoms with Gasteiger partial charge in [0.15, 0.2) is 0 Å². The summed E-state index contributed by atoms with van der Waals surface area (Å²) in [6.45, 7) is 4.95. The lowest BCUT2D eigenvalue weighted by molar-refractivity contribution is 0.415. The second-order valence-corrected chi connectivity index (χ2v) is 5.92. The molecule has 0 bridgehead atoms. The van der Waals surface area contributed by atoms with Crippen LogP contribution in [0, 0.1) is 6.92 Å². The lowest BCUT2D eigenvalue weighted by Crippen LogP contribution is -2.18. The molecular weight excluding hydrogens is 302 g/mol. The zero-order chi connectivity index (χ0) is 17.1. The van der Waals surface area contributed by atoms with Gasteiger partial charge in [-0.05, 0) is 44.2 Å². The van der Waals surface area contributed by atoms with Gasteiger partial charge in [0.1, 0.15) is 5.75 Å². The van der Waals surface area contributed by atoms with E-state index in [-0.39, 0.29) is 6.04 Å². The average Bonchev–Trinajstić information content (AvgIpc) is 3.21. The second-order valence-electron chi connectivity index (χ2n) is 5.92. The van der Waals surface area contributed by atoms with Crippen molar-refractivity contribution in [3.05, 3.63) is 53.5 Å². The van der Waals surface area contributed by atoms with Gasteiger partial charge < -0.3 is 10.1 Å². The summed E-state index contributed by atoms with van der Waals surface area (Å²) >= 11 is 0. The van der Waals surface area contributed by atoms with Crippen molar-refractivity contribution < 1.29 is 4.74 Å². The van der Waals surface area contributed by atoms with Crippen LogP contribution in [0.5, 0.6) is 5.75 Å². The minimum absolute atomic E-state index is 0.228. The van der Waals surface area contributed by atoms with Crippen molar-refractivity contribution in [2.24, 2.45) is 7.05 Å². The summed E-state index contributed by atoms with van der Waals surface area (Å²) in [5.41, 5.74) is 5.44. The van der Waals surface area contributed by atoms with E-state index in [4.69, 9.17) is 4.74 Å². The van der Waals surface area contributed by atoms with Crippen molar-refractivity contribution in [3.63, 3.8) is 0 Å². The van der Waals surface area contributed by atoms with Crippen molar-refractivity contribution in [2.75, 3.05) is 7.11 Å². The van der Waals surface area contributed by atoms with Gasteiger partial charge in [0.05, 0.1) is 19.0 Å². The summed E-state index contributed by atoms with van der Waals surface area (Å²) in [5.74, 6) is 0.844. The number of aryl methyl sites for hydroxylation is 1. The molecule has 1 unspecified atom stereocenters. The molecule has 6 nitrogen and oxygen atoms in total. The van der Waals surface area contributed by atoms with Gasteiger partial charge in [-0.2, -0.15) is 10.2 Å². The van der Waals surface area contributed by atoms with Crippen LogP contribution >= 0.6 is 0 Å². The molecule has 2 heterocycles. The van der Waals surface area contributed by atoms with E-state index in [2.05, 4.69) is 40.5 Å². The molecular formula is C18H23N5O. The first-order valence-electron chi connectivity index (χ1n) is 7.99. The monoisotopic (exact) mass is 325 g/mol. The van der Waals surface area contributed by atoms with Crippen LogP contribution < -0.4 is 10.1 Å². The molecule has 0 aliphatic rings. The van der Waals surface area contributed by atoms with E-state index in [1.54, 1.807) is 7.11 Å². The molecule has 0 spiro atoms. The van der Waals surface area contributed by atoms with Crippen molar-refractivity contribution in [3.8, 4) is 17.0 Å². The summed E-state index contributed by atoms with van der Waals surface area (Å²) in [7, 11) is 3.63. The van der Waals surface area contributed by atoms with E-state index in [0.717, 1.165) is 29.2 Å². The third-order valence-electron chi connectivity index (χ3n) is 4.36. The van der Waals surface area contributed by atoms with Crippen molar-refractivity contribution in [1.29, 1.82) is 0 Å². The fourth-order valence-electron chi connectivity index (χ4n) is 2.68. The SMILES string of the molecule is COc1ccc(-c2cc(CNC(C)c3cnn(C)c3C)[nH]n2)cc1. The summed E-state index contributed by atoms with van der Waals surface area (Å²) in [4.78, 5) is 0. The molecule has 0 aliphatic carbocycles. The van der Waals surface area contributed by atoms with Gasteiger partial charge in [0, 0.05) is 42.1 Å². The maximum atomic E-state index is 5.18.